The first-order valence-corrected chi connectivity index (χ1v) is 6.46. The van der Waals surface area contributed by atoms with Crippen LogP contribution in [0.2, 0.25) is 0 Å². The Balaban J connectivity index is 1.99. The number of H-pyrrole nitrogens is 1. The summed E-state index contributed by atoms with van der Waals surface area (Å²) in [4.78, 5) is 19.3. The van der Waals surface area contributed by atoms with Gasteiger partial charge in [0, 0.05) is 0 Å². The molecular weight excluding hydrogens is 246 g/mol. The lowest BCUT2D eigenvalue weighted by Crippen LogP contribution is -2.34. The van der Waals surface area contributed by atoms with E-state index in [9.17, 15) is 4.79 Å². The molecular formula is C13H21N3O3. The zero-order valence-electron chi connectivity index (χ0n) is 12.0. The summed E-state index contributed by atoms with van der Waals surface area (Å²) in [6.07, 6.45) is -0.436. The number of nitrogens with zero attached hydrogens (tertiary/aromatic N) is 1. The van der Waals surface area contributed by atoms with Crippen LogP contribution in [0.5, 0.6) is 0 Å². The molecule has 0 bridgehead atoms. The van der Waals surface area contributed by atoms with Crippen LogP contribution in [0.15, 0.2) is 0 Å². The molecule has 0 saturated carbocycles. The van der Waals surface area contributed by atoms with Gasteiger partial charge in [0.2, 0.25) is 0 Å². The van der Waals surface area contributed by atoms with Crippen LogP contribution in [0.4, 0.5) is 4.79 Å². The highest BCUT2D eigenvalue weighted by atomic mass is 16.6. The van der Waals surface area contributed by atoms with Gasteiger partial charge in [-0.25, -0.2) is 9.78 Å². The molecule has 1 aliphatic rings. The highest BCUT2D eigenvalue weighted by Gasteiger charge is 2.26. The van der Waals surface area contributed by atoms with Crippen LogP contribution in [0.25, 0.3) is 0 Å². The zero-order valence-corrected chi connectivity index (χ0v) is 12.0. The quantitative estimate of drug-likeness (QED) is 0.863. The fourth-order valence-electron chi connectivity index (χ4n) is 1.94. The number of ether oxygens (including phenoxy) is 2. The van der Waals surface area contributed by atoms with Crippen LogP contribution in [0.3, 0.4) is 0 Å². The summed E-state index contributed by atoms with van der Waals surface area (Å²) in [5, 5.41) is 2.76. The SMILES string of the molecule is CC1OCc2[nH]c([C@@H](C)NC(=O)OC(C)(C)C)nc21. The second-order valence-corrected chi connectivity index (χ2v) is 5.81. The van der Waals surface area contributed by atoms with Crippen molar-refractivity contribution in [3.63, 3.8) is 0 Å². The smallest absolute Gasteiger partial charge is 0.408 e. The molecule has 2 atom stereocenters. The highest BCUT2D eigenvalue weighted by molar-refractivity contribution is 5.68. The molecule has 2 rings (SSSR count). The van der Waals surface area contributed by atoms with Crippen LogP contribution in [0, 0.1) is 0 Å². The van der Waals surface area contributed by atoms with Gasteiger partial charge in [0.05, 0.1) is 30.1 Å². The van der Waals surface area contributed by atoms with Gasteiger partial charge in [-0.1, -0.05) is 0 Å². The largest absolute Gasteiger partial charge is 0.444 e. The van der Waals surface area contributed by atoms with Gasteiger partial charge in [-0.15, -0.1) is 0 Å². The van der Waals surface area contributed by atoms with Crippen LogP contribution >= 0.6 is 0 Å². The number of carbonyl (C=O) groups is 1. The van der Waals surface area contributed by atoms with E-state index in [0.717, 1.165) is 17.2 Å². The Kier molecular flexibility index (Phi) is 3.54. The van der Waals surface area contributed by atoms with Gasteiger partial charge >= 0.3 is 6.09 Å². The van der Waals surface area contributed by atoms with E-state index in [4.69, 9.17) is 9.47 Å². The second kappa shape index (κ2) is 4.85. The minimum Gasteiger partial charge on any atom is -0.444 e. The van der Waals surface area contributed by atoms with E-state index in [1.54, 1.807) is 0 Å². The number of nitrogens with one attached hydrogen (secondary N) is 2. The monoisotopic (exact) mass is 267 g/mol. The molecule has 1 aromatic heterocycles. The van der Waals surface area contributed by atoms with Crippen LogP contribution in [-0.4, -0.2) is 21.7 Å². The van der Waals surface area contributed by atoms with E-state index in [2.05, 4.69) is 15.3 Å². The maximum absolute atomic E-state index is 11.7. The van der Waals surface area contributed by atoms with Gasteiger partial charge < -0.3 is 19.8 Å². The first-order chi connectivity index (χ1) is 8.76. The molecule has 0 fully saturated rings. The zero-order chi connectivity index (χ0) is 14.2. The first-order valence-electron chi connectivity index (χ1n) is 6.46. The number of imidazole rings is 1. The van der Waals surface area contributed by atoms with E-state index >= 15 is 0 Å². The molecule has 6 heteroatoms. The normalized spacial score (nSPS) is 19.9. The van der Waals surface area contributed by atoms with Crippen LogP contribution < -0.4 is 5.32 Å². The fraction of sp³-hybridized carbons (Fsp3) is 0.692. The number of amides is 1. The fourth-order valence-corrected chi connectivity index (χ4v) is 1.94. The van der Waals surface area contributed by atoms with E-state index in [1.165, 1.54) is 0 Å². The van der Waals surface area contributed by atoms with Gasteiger partial charge in [-0.3, -0.25) is 0 Å². The van der Waals surface area contributed by atoms with E-state index in [-0.39, 0.29) is 12.1 Å². The Hall–Kier alpha value is -1.56. The number of aromatic nitrogens is 2. The third-order valence-electron chi connectivity index (χ3n) is 2.84. The van der Waals surface area contributed by atoms with E-state index in [1.807, 2.05) is 34.6 Å². The molecule has 1 unspecified atom stereocenters. The molecule has 0 spiro atoms. The van der Waals surface area contributed by atoms with Crippen molar-refractivity contribution in [1.29, 1.82) is 0 Å². The number of alkyl carbamates (subject to hydrolysis) is 1. The Morgan fingerprint density at radius 1 is 1.58 bits per heavy atom. The van der Waals surface area contributed by atoms with Crippen molar-refractivity contribution >= 4 is 6.09 Å². The van der Waals surface area contributed by atoms with Crippen molar-refractivity contribution in [2.45, 2.75) is 59.0 Å². The average Bonchev–Trinajstić information content (AvgIpc) is 2.78. The Morgan fingerprint density at radius 2 is 2.26 bits per heavy atom. The molecule has 6 nitrogen and oxygen atoms in total. The van der Waals surface area contributed by atoms with Gasteiger partial charge in [0.1, 0.15) is 11.4 Å². The van der Waals surface area contributed by atoms with Gasteiger partial charge in [-0.2, -0.15) is 0 Å². The summed E-state index contributed by atoms with van der Waals surface area (Å²) < 4.78 is 10.7. The predicted octanol–water partition coefficient (Wildman–Crippen LogP) is 2.59. The molecule has 2 heterocycles. The lowest BCUT2D eigenvalue weighted by atomic mass is 10.2. The van der Waals surface area contributed by atoms with Crippen LogP contribution in [-0.2, 0) is 16.1 Å². The Morgan fingerprint density at radius 3 is 2.84 bits per heavy atom. The van der Waals surface area contributed by atoms with Gasteiger partial charge in [0.25, 0.3) is 0 Å². The molecule has 1 aliphatic heterocycles. The minimum atomic E-state index is -0.503. The Labute approximate surface area is 112 Å². The van der Waals surface area contributed by atoms with Crippen molar-refractivity contribution in [3.8, 4) is 0 Å². The lowest BCUT2D eigenvalue weighted by molar-refractivity contribution is 0.0505. The number of aromatic amines is 1. The summed E-state index contributed by atoms with van der Waals surface area (Å²) in [7, 11) is 0. The highest BCUT2D eigenvalue weighted by Crippen LogP contribution is 2.29. The van der Waals surface area contributed by atoms with Crippen molar-refractivity contribution in [1.82, 2.24) is 15.3 Å². The molecule has 1 amide bonds. The van der Waals surface area contributed by atoms with Gasteiger partial charge in [-0.05, 0) is 34.6 Å². The van der Waals surface area contributed by atoms with Crippen LogP contribution in [0.1, 0.15) is 64.0 Å². The third kappa shape index (κ3) is 3.26. The van der Waals surface area contributed by atoms with Crippen molar-refractivity contribution < 1.29 is 14.3 Å². The number of hydrogen-bond acceptors (Lipinski definition) is 4. The standard InChI is InChI=1S/C13H21N3O3/c1-7(14-12(17)19-13(3,4)5)11-15-9-6-18-8(2)10(9)16-11/h7-8H,6H2,1-5H3,(H,14,17)(H,15,16)/t7-,8?/m1/s1. The Bertz CT molecular complexity index is 476. The molecule has 0 radical (unpaired) electrons. The third-order valence-corrected chi connectivity index (χ3v) is 2.84. The number of fused-ring (bicyclic) bond motifs is 1. The molecule has 1 aromatic rings. The number of carbonyl (C=O) groups excluding carboxylic acids is 1. The number of rotatable bonds is 2. The summed E-state index contributed by atoms with van der Waals surface area (Å²) in [6.45, 7) is 9.86. The van der Waals surface area contributed by atoms with E-state index < -0.39 is 11.7 Å². The van der Waals surface area contributed by atoms with E-state index in [0.29, 0.717) is 6.61 Å². The van der Waals surface area contributed by atoms with Crippen molar-refractivity contribution in [3.05, 3.63) is 17.2 Å². The maximum Gasteiger partial charge on any atom is 0.408 e. The molecule has 0 saturated heterocycles. The topological polar surface area (TPSA) is 76.2 Å². The predicted molar refractivity (Wildman–Crippen MR) is 69.6 cm³/mol. The summed E-state index contributed by atoms with van der Waals surface area (Å²) in [5.41, 5.74) is 1.41. The lowest BCUT2D eigenvalue weighted by Gasteiger charge is -2.21. The summed E-state index contributed by atoms with van der Waals surface area (Å²) in [6, 6.07) is -0.229. The maximum atomic E-state index is 11.7. The molecule has 0 aliphatic carbocycles. The molecule has 19 heavy (non-hydrogen) atoms. The minimum absolute atomic E-state index is 0.00808. The summed E-state index contributed by atoms with van der Waals surface area (Å²) in [5.74, 6) is 0.728. The molecule has 0 aromatic carbocycles. The first kappa shape index (κ1) is 13.9. The van der Waals surface area contributed by atoms with Gasteiger partial charge in [0.15, 0.2) is 0 Å². The average molecular weight is 267 g/mol. The number of hydrogen-bond donors (Lipinski definition) is 2. The second-order valence-electron chi connectivity index (χ2n) is 5.81. The molecule has 106 valence electrons. The van der Waals surface area contributed by atoms with Crippen molar-refractivity contribution in [2.24, 2.45) is 0 Å². The molecule has 2 N–H and O–H groups in total. The summed E-state index contributed by atoms with van der Waals surface area (Å²) >= 11 is 0. The van der Waals surface area contributed by atoms with Crippen molar-refractivity contribution in [2.75, 3.05) is 0 Å².